The summed E-state index contributed by atoms with van der Waals surface area (Å²) in [6.45, 7) is 13.5. The number of aliphatic hydroxyl groups excluding tert-OH is 2. The lowest BCUT2D eigenvalue weighted by Crippen LogP contribution is -2.51. The van der Waals surface area contributed by atoms with E-state index in [1.165, 1.54) is 0 Å². The van der Waals surface area contributed by atoms with Gasteiger partial charge in [0.1, 0.15) is 11.6 Å². The maximum Gasteiger partial charge on any atom is 0.407 e. The van der Waals surface area contributed by atoms with Gasteiger partial charge < -0.3 is 45.5 Å². The monoisotopic (exact) mass is 639 g/mol. The van der Waals surface area contributed by atoms with Gasteiger partial charge in [0.25, 0.3) is 0 Å². The first kappa shape index (κ1) is 39.9. The van der Waals surface area contributed by atoms with Crippen LogP contribution in [0, 0.1) is 23.7 Å². The molecule has 1 aromatic rings. The summed E-state index contributed by atoms with van der Waals surface area (Å²) >= 11 is 0. The Hall–Kier alpha value is -3.09. The number of nitrogens with two attached hydrogens (primary N) is 1. The van der Waals surface area contributed by atoms with Gasteiger partial charge in [-0.05, 0) is 75.5 Å². The van der Waals surface area contributed by atoms with Crippen LogP contribution in [0.15, 0.2) is 18.2 Å². The number of methoxy groups -OCH3 is 2. The smallest absolute Gasteiger partial charge is 0.407 e. The molecule has 5 atom stereocenters. The van der Waals surface area contributed by atoms with Gasteiger partial charge in [0.05, 0.1) is 32.5 Å². The van der Waals surface area contributed by atoms with E-state index in [-0.39, 0.29) is 24.2 Å². The zero-order valence-corrected chi connectivity index (χ0v) is 28.6. The number of ether oxygens (including phenoxy) is 4. The fraction of sp³-hybridized carbons (Fsp3) is 0.727. The molecule has 0 aromatic heterocycles. The average molecular weight is 640 g/mol. The highest BCUT2D eigenvalue weighted by atomic mass is 16.6. The highest BCUT2D eigenvalue weighted by Crippen LogP contribution is 2.32. The molecule has 0 bridgehead atoms. The number of carbonyl (C=O) groups is 3. The number of rotatable bonds is 20. The molecular formula is C33H57N3O9. The minimum Gasteiger partial charge on any atom is -0.493 e. The highest BCUT2D eigenvalue weighted by molar-refractivity contribution is 5.87. The molecule has 12 nitrogen and oxygen atoms in total. The second-order valence-corrected chi connectivity index (χ2v) is 13.2. The molecule has 0 saturated heterocycles. The van der Waals surface area contributed by atoms with Crippen LogP contribution in [0.25, 0.3) is 0 Å². The Balaban J connectivity index is 3.28. The van der Waals surface area contributed by atoms with Crippen LogP contribution in [0.4, 0.5) is 4.79 Å². The first-order valence-corrected chi connectivity index (χ1v) is 15.7. The van der Waals surface area contributed by atoms with Gasteiger partial charge in [-0.25, -0.2) is 4.79 Å². The van der Waals surface area contributed by atoms with Crippen molar-refractivity contribution in [3.63, 3.8) is 0 Å². The lowest BCUT2D eigenvalue weighted by Gasteiger charge is -2.33. The van der Waals surface area contributed by atoms with Gasteiger partial charge in [-0.3, -0.25) is 9.59 Å². The Bertz CT molecular complexity index is 1060. The number of benzene rings is 1. The second-order valence-electron chi connectivity index (χ2n) is 13.2. The molecule has 0 fully saturated rings. The molecule has 0 unspecified atom stereocenters. The third-order valence-electron chi connectivity index (χ3n) is 7.62. The van der Waals surface area contributed by atoms with Crippen LogP contribution in [0.5, 0.6) is 11.5 Å². The number of nitrogens with one attached hydrogen (secondary N) is 2. The van der Waals surface area contributed by atoms with E-state index in [0.717, 1.165) is 12.0 Å². The minimum atomic E-state index is -1.24. The fourth-order valence-corrected chi connectivity index (χ4v) is 4.93. The summed E-state index contributed by atoms with van der Waals surface area (Å²) in [7, 11) is 3.23. The SMILES string of the molecule is COCCCOc1cc(C[C@@H](C[C@H](NC(=O)OC(C)(C)C)[C@@H](O)C[C@H](C(=O)N[C@@H](CO)C(N)=O)C(C)C)C(C)C)ccc1OC. The zero-order chi connectivity index (χ0) is 34.3. The average Bonchev–Trinajstić information content (AvgIpc) is 2.94. The molecular weight excluding hydrogens is 582 g/mol. The quantitative estimate of drug-likeness (QED) is 0.134. The van der Waals surface area contributed by atoms with E-state index in [0.29, 0.717) is 37.6 Å². The number of hydrogen-bond donors (Lipinski definition) is 5. The first-order valence-electron chi connectivity index (χ1n) is 15.7. The van der Waals surface area contributed by atoms with Crippen molar-refractivity contribution >= 4 is 17.9 Å². The number of aliphatic hydroxyl groups is 2. The lowest BCUT2D eigenvalue weighted by molar-refractivity contribution is -0.132. The van der Waals surface area contributed by atoms with Crippen molar-refractivity contribution in [3.8, 4) is 11.5 Å². The van der Waals surface area contributed by atoms with Crippen LogP contribution >= 0.6 is 0 Å². The maximum absolute atomic E-state index is 13.1. The molecule has 0 heterocycles. The van der Waals surface area contributed by atoms with Crippen LogP contribution < -0.4 is 25.8 Å². The predicted octanol–water partition coefficient (Wildman–Crippen LogP) is 3.19. The molecule has 6 N–H and O–H groups in total. The normalized spacial score (nSPS) is 15.1. The van der Waals surface area contributed by atoms with Crippen molar-refractivity contribution in [1.82, 2.24) is 10.6 Å². The number of alkyl carbamates (subject to hydrolysis) is 1. The third kappa shape index (κ3) is 14.7. The fourth-order valence-electron chi connectivity index (χ4n) is 4.93. The topological polar surface area (TPSA) is 179 Å². The second kappa shape index (κ2) is 19.4. The van der Waals surface area contributed by atoms with Crippen LogP contribution in [0.3, 0.4) is 0 Å². The molecule has 0 radical (unpaired) electrons. The summed E-state index contributed by atoms with van der Waals surface area (Å²) in [4.78, 5) is 37.6. The van der Waals surface area contributed by atoms with Crippen molar-refractivity contribution in [2.75, 3.05) is 34.0 Å². The third-order valence-corrected chi connectivity index (χ3v) is 7.62. The molecule has 0 spiro atoms. The molecule has 0 aliphatic carbocycles. The molecule has 1 rings (SSSR count). The number of primary amides is 1. The Morgan fingerprint density at radius 1 is 0.956 bits per heavy atom. The van der Waals surface area contributed by atoms with Crippen LogP contribution in [-0.4, -0.2) is 85.9 Å². The maximum atomic E-state index is 13.1. The summed E-state index contributed by atoms with van der Waals surface area (Å²) in [5, 5.41) is 26.3. The summed E-state index contributed by atoms with van der Waals surface area (Å²) in [5.74, 6) is -0.915. The van der Waals surface area contributed by atoms with Crippen molar-refractivity contribution in [3.05, 3.63) is 23.8 Å². The summed E-state index contributed by atoms with van der Waals surface area (Å²) < 4.78 is 22.1. The van der Waals surface area contributed by atoms with Crippen molar-refractivity contribution in [1.29, 1.82) is 0 Å². The number of carbonyl (C=O) groups excluding carboxylic acids is 3. The Morgan fingerprint density at radius 3 is 2.13 bits per heavy atom. The van der Waals surface area contributed by atoms with E-state index in [9.17, 15) is 24.6 Å². The largest absolute Gasteiger partial charge is 0.493 e. The van der Waals surface area contributed by atoms with Gasteiger partial charge in [0, 0.05) is 26.1 Å². The molecule has 0 aliphatic heterocycles. The molecule has 1 aromatic carbocycles. The van der Waals surface area contributed by atoms with Crippen LogP contribution in [0.1, 0.15) is 73.3 Å². The Kier molecular flexibility index (Phi) is 17.2. The molecule has 3 amide bonds. The van der Waals surface area contributed by atoms with Crippen molar-refractivity contribution < 1.29 is 43.5 Å². The van der Waals surface area contributed by atoms with Gasteiger partial charge >= 0.3 is 6.09 Å². The van der Waals surface area contributed by atoms with E-state index in [2.05, 4.69) is 24.5 Å². The molecule has 45 heavy (non-hydrogen) atoms. The highest BCUT2D eigenvalue weighted by Gasteiger charge is 2.34. The Labute approximate surface area is 268 Å². The molecule has 0 saturated carbocycles. The number of hydrogen-bond acceptors (Lipinski definition) is 9. The van der Waals surface area contributed by atoms with E-state index >= 15 is 0 Å². The summed E-state index contributed by atoms with van der Waals surface area (Å²) in [6, 6.07) is 3.78. The standard InChI is InChI=1S/C33H57N3O9/c1-20(2)23(15-22-11-12-28(43-9)29(16-22)44-14-10-13-42-8)17-25(36-32(41)45-33(5,6)7)27(38)18-24(21(3)4)31(40)35-26(19-37)30(34)39/h11-12,16,20-21,23-27,37-38H,10,13-15,17-19H2,1-9H3,(H2,34,39)(H,35,40)(H,36,41)/t23-,24-,25-,26-,27-/m0/s1. The molecule has 258 valence electrons. The van der Waals surface area contributed by atoms with E-state index in [1.807, 2.05) is 32.0 Å². The van der Waals surface area contributed by atoms with Crippen LogP contribution in [-0.2, 0) is 25.5 Å². The van der Waals surface area contributed by atoms with Gasteiger partial charge in [-0.1, -0.05) is 33.8 Å². The van der Waals surface area contributed by atoms with Crippen molar-refractivity contribution in [2.24, 2.45) is 29.4 Å². The number of amides is 3. The summed E-state index contributed by atoms with van der Waals surface area (Å²) in [6.07, 6.45) is -0.0689. The minimum absolute atomic E-state index is 0.00626. The first-order chi connectivity index (χ1) is 21.0. The van der Waals surface area contributed by atoms with E-state index < -0.39 is 54.2 Å². The zero-order valence-electron chi connectivity index (χ0n) is 28.6. The Morgan fingerprint density at radius 2 is 1.62 bits per heavy atom. The van der Waals surface area contributed by atoms with E-state index in [4.69, 9.17) is 24.7 Å². The predicted molar refractivity (Wildman–Crippen MR) is 172 cm³/mol. The van der Waals surface area contributed by atoms with Gasteiger partial charge in [-0.15, -0.1) is 0 Å². The molecule has 12 heteroatoms. The summed E-state index contributed by atoms with van der Waals surface area (Å²) in [5.41, 5.74) is 5.54. The van der Waals surface area contributed by atoms with E-state index in [1.54, 1.807) is 35.0 Å². The van der Waals surface area contributed by atoms with Gasteiger partial charge in [0.2, 0.25) is 11.8 Å². The molecule has 0 aliphatic rings. The lowest BCUT2D eigenvalue weighted by atomic mass is 9.80. The van der Waals surface area contributed by atoms with Crippen LogP contribution in [0.2, 0.25) is 0 Å². The van der Waals surface area contributed by atoms with Crippen molar-refractivity contribution in [2.45, 2.75) is 97.9 Å². The van der Waals surface area contributed by atoms with Gasteiger partial charge in [-0.2, -0.15) is 0 Å². The van der Waals surface area contributed by atoms with Gasteiger partial charge in [0.15, 0.2) is 11.5 Å².